The number of nitrogens with zero attached hydrogens (tertiary/aromatic N) is 9. The van der Waals surface area contributed by atoms with E-state index in [0.717, 1.165) is 36.8 Å². The Hall–Kier alpha value is -13.5. The highest BCUT2D eigenvalue weighted by Gasteiger charge is 2.28. The number of hydrogen-bond donors (Lipinski definition) is 9. The van der Waals surface area contributed by atoms with Gasteiger partial charge >= 0.3 is 29.8 Å². The van der Waals surface area contributed by atoms with E-state index in [2.05, 4.69) is 56.7 Å². The topological polar surface area (TPSA) is 404 Å². The van der Waals surface area contributed by atoms with Crippen molar-refractivity contribution in [1.82, 2.24) is 42.8 Å². The summed E-state index contributed by atoms with van der Waals surface area (Å²) in [6.45, 7) is 4.49. The molecule has 0 spiro atoms. The van der Waals surface area contributed by atoms with E-state index in [0.29, 0.717) is 132 Å². The molecule has 0 unspecified atom stereocenters. The van der Waals surface area contributed by atoms with Crippen molar-refractivity contribution >= 4 is 290 Å². The Kier molecular flexibility index (Phi) is 30.3. The number of nitrogens with one attached hydrogen (secondary N) is 3. The van der Waals surface area contributed by atoms with Crippen LogP contribution in [0.5, 0.6) is 0 Å². The number of carboxylic acid groups (broad SMARTS) is 5. The molecule has 0 radical (unpaired) electrons. The lowest BCUT2D eigenvalue weighted by Gasteiger charge is -2.26. The van der Waals surface area contributed by atoms with Crippen LogP contribution in [-0.2, 0) is 62.1 Å². The van der Waals surface area contributed by atoms with Gasteiger partial charge in [-0.25, -0.2) is 19.3 Å². The van der Waals surface area contributed by atoms with Gasteiger partial charge in [0.2, 0.25) is 5.95 Å². The van der Waals surface area contributed by atoms with E-state index in [9.17, 15) is 83.0 Å². The normalized spacial score (nSPS) is 13.1. The van der Waals surface area contributed by atoms with Crippen LogP contribution in [0, 0.1) is 5.82 Å². The molecule has 0 atom stereocenters. The van der Waals surface area contributed by atoms with Crippen LogP contribution in [0.2, 0.25) is 45.2 Å². The monoisotopic (exact) mass is 2070 g/mol. The first kappa shape index (κ1) is 100.0. The number of rotatable bonds is 18. The summed E-state index contributed by atoms with van der Waals surface area (Å²) in [7, 11) is 0. The molecule has 9 N–H and O–H groups in total. The molecule has 18 aromatic rings. The molecule has 139 heavy (non-hydrogen) atoms. The van der Waals surface area contributed by atoms with Crippen LogP contribution in [0.1, 0.15) is 63.5 Å². The molecule has 0 saturated heterocycles. The van der Waals surface area contributed by atoms with Crippen LogP contribution in [0.15, 0.2) is 242 Å². The molecule has 11 aromatic carbocycles. The number of aliphatic hydroxyl groups excluding tert-OH is 1. The predicted molar refractivity (Wildman–Crippen MR) is 550 cm³/mol. The van der Waals surface area contributed by atoms with Gasteiger partial charge in [-0.2, -0.15) is 0 Å². The molecule has 1 saturated carbocycles. The van der Waals surface area contributed by atoms with Gasteiger partial charge < -0.3 is 69.4 Å². The fourth-order valence-corrected chi connectivity index (χ4v) is 19.5. The molecule has 0 amide bonds. The highest BCUT2D eigenvalue weighted by molar-refractivity contribution is 7.99. The lowest BCUT2D eigenvalue weighted by Crippen LogP contribution is -2.18. The first-order chi connectivity index (χ1) is 66.3. The van der Waals surface area contributed by atoms with Crippen molar-refractivity contribution in [3.63, 3.8) is 0 Å². The Morgan fingerprint density at radius 3 is 1.09 bits per heavy atom. The number of aromatic nitrogens is 9. The van der Waals surface area contributed by atoms with Gasteiger partial charge in [-0.15, -0.1) is 11.8 Å². The summed E-state index contributed by atoms with van der Waals surface area (Å²) in [5, 5.41) is 71.9. The van der Waals surface area contributed by atoms with Crippen molar-refractivity contribution in [3.8, 4) is 0 Å². The first-order valence-corrected chi connectivity index (χ1v) is 46.9. The second kappa shape index (κ2) is 42.1. The maximum Gasteiger partial charge on any atom is 0.323 e. The fraction of sp³-hybridized carbons (Fsp3) is 0.160. The number of carboxylic acids is 5. The molecule has 7 heterocycles. The average Bonchev–Trinajstić information content (AvgIpc) is 0.758. The second-order valence-electron chi connectivity index (χ2n) is 33.1. The summed E-state index contributed by atoms with van der Waals surface area (Å²) in [6.07, 6.45) is 12.6. The molecule has 0 bridgehead atoms. The third kappa shape index (κ3) is 21.3. The molecule has 28 nitrogen and oxygen atoms in total. The average molecular weight is 2070 g/mol. The molecule has 7 aromatic heterocycles. The molecule has 39 heteroatoms. The van der Waals surface area contributed by atoms with Gasteiger partial charge in [0, 0.05) is 101 Å². The number of anilines is 6. The number of halogens is 10. The van der Waals surface area contributed by atoms with Crippen molar-refractivity contribution in [1.29, 1.82) is 0 Å². The standard InChI is InChI=1S/C21H13Cl2FN2O3.C21H19Cl2NO4.C20H20ClNO3S.2C19H12Cl2N4O3/c22-16-8-7-15-20(19(16)23)26(10-18(27)28)17-9-13(5-6-14(17)21(15)29)25-12-3-1-11(24)2-4-12;22-16-8-7-15-20(19(16)23)24(10-18(26)27)17-9-12(3-6-14(17)21(15)28)11-1-4-13(25)5-2-11;1-20(2,3)11-5-6-12-15(9-11)22(10-16(23)24)17-13(18(12)25)7-8-14(21)19(17)26-4;20-13-5-4-12-17(16(13)21)25(9-15(26)27)14-8-10(2-3-11(14)18(12)28)24-19-22-6-1-7-23-19;20-13-4-3-12-18(17(13)21)25(9-16(26)27)14-7-10(1-2-11(14)19(12)28)24-15-8-22-5-6-23-15/h1-9,25H,10H2,(H,27,28);3,6-9,11,13,25H,1-2,4-5,10H2,(H,26,27);5-9H,10H2,1-4H3,(H,23,24);1-8H,9H2,(H,26,27)(H,22,23,24);1-8H,9H2,(H,23,24)(H,26,27). The Morgan fingerprint density at radius 1 is 0.381 bits per heavy atom. The molecule has 1 aliphatic rings. The number of carbonyl (C=O) groups is 5. The van der Waals surface area contributed by atoms with Gasteiger partial charge in [0.05, 0.1) is 118 Å². The van der Waals surface area contributed by atoms with E-state index in [1.54, 1.807) is 161 Å². The van der Waals surface area contributed by atoms with Gasteiger partial charge in [0.1, 0.15) is 44.4 Å². The maximum atomic E-state index is 13.1. The van der Waals surface area contributed by atoms with Crippen LogP contribution < -0.4 is 43.1 Å². The molecule has 1 aliphatic carbocycles. The number of fused-ring (bicyclic) bond motifs is 10. The Morgan fingerprint density at radius 2 is 0.712 bits per heavy atom. The second-order valence-corrected chi connectivity index (χ2v) is 37.4. The van der Waals surface area contributed by atoms with Gasteiger partial charge in [-0.1, -0.05) is 137 Å². The van der Waals surface area contributed by atoms with Crippen molar-refractivity contribution in [2.45, 2.75) is 102 Å². The van der Waals surface area contributed by atoms with Crippen molar-refractivity contribution < 1.29 is 59.0 Å². The molecule has 19 rings (SSSR count). The lowest BCUT2D eigenvalue weighted by atomic mass is 9.82. The fourth-order valence-electron chi connectivity index (χ4n) is 16.8. The summed E-state index contributed by atoms with van der Waals surface area (Å²) in [6, 6.07) is 49.4. The SMILES string of the molecule is CSc1c(Cl)ccc2c(=O)c3ccc(C(C)(C)C)cc3n(CC(=O)O)c12.O=C(O)Cn1c2cc(C3CCC(O)CC3)ccc2c(=O)c2ccc(Cl)c(Cl)c21.O=C(O)Cn1c2cc(Nc3ccc(F)cc3)ccc2c(=O)c2ccc(Cl)c(Cl)c21.O=C(O)Cn1c2cc(Nc3cnccn3)ccc2c(=O)c2ccc(Cl)c(Cl)c21.O=C(O)Cn1c2cc(Nc3ncccn3)ccc2c(=O)c2ccc(Cl)c(Cl)c21. The number of aliphatic hydroxyl groups is 1. The highest BCUT2D eigenvalue weighted by atomic mass is 35.5. The van der Waals surface area contributed by atoms with E-state index >= 15 is 0 Å². The highest BCUT2D eigenvalue weighted by Crippen LogP contribution is 2.42. The number of pyridine rings is 5. The molecular formula is C100H76Cl9FN12O16S. The van der Waals surface area contributed by atoms with E-state index < -0.39 is 42.9 Å². The van der Waals surface area contributed by atoms with Crippen molar-refractivity contribution in [2.24, 2.45) is 0 Å². The van der Waals surface area contributed by atoms with E-state index in [4.69, 9.17) is 104 Å². The van der Waals surface area contributed by atoms with Crippen molar-refractivity contribution in [3.05, 3.63) is 326 Å². The number of aliphatic carboxylic acids is 5. The molecule has 0 aliphatic heterocycles. The van der Waals surface area contributed by atoms with Crippen LogP contribution in [-0.4, -0.2) is 116 Å². The summed E-state index contributed by atoms with van der Waals surface area (Å²) in [5.74, 6) is -4.45. The zero-order valence-corrected chi connectivity index (χ0v) is 80.8. The largest absolute Gasteiger partial charge is 0.480 e. The third-order valence-electron chi connectivity index (χ3n) is 23.1. The van der Waals surface area contributed by atoms with E-state index in [-0.39, 0.29) is 132 Å². The summed E-state index contributed by atoms with van der Waals surface area (Å²) < 4.78 is 20.8. The predicted octanol–water partition coefficient (Wildman–Crippen LogP) is 23.1. The molecule has 1 fully saturated rings. The van der Waals surface area contributed by atoms with Crippen LogP contribution in [0.4, 0.5) is 38.9 Å². The minimum Gasteiger partial charge on any atom is -0.480 e. The van der Waals surface area contributed by atoms with Gasteiger partial charge in [0.15, 0.2) is 27.1 Å². The van der Waals surface area contributed by atoms with Crippen molar-refractivity contribution in [2.75, 3.05) is 22.2 Å². The quantitative estimate of drug-likeness (QED) is 0.0284. The molecular weight excluding hydrogens is 2000 g/mol. The summed E-state index contributed by atoms with van der Waals surface area (Å²) in [4.78, 5) is 140. The number of hydrogen-bond acceptors (Lipinski definition) is 19. The number of benzene rings is 11. The zero-order chi connectivity index (χ0) is 99.6. The Labute approximate surface area is 834 Å². The first-order valence-electron chi connectivity index (χ1n) is 42.2. The van der Waals surface area contributed by atoms with E-state index in [1.165, 1.54) is 61.9 Å². The Balaban J connectivity index is 0.000000132. The van der Waals surface area contributed by atoms with Crippen LogP contribution in [0.25, 0.3) is 109 Å². The lowest BCUT2D eigenvalue weighted by molar-refractivity contribution is -0.138. The van der Waals surface area contributed by atoms with Gasteiger partial charge in [-0.3, -0.25) is 52.9 Å². The minimum absolute atomic E-state index is 0.107. The Bertz CT molecular complexity index is 8220. The smallest absolute Gasteiger partial charge is 0.323 e. The van der Waals surface area contributed by atoms with E-state index in [1.807, 2.05) is 30.5 Å². The maximum absolute atomic E-state index is 13.1. The molecule has 708 valence electrons. The number of thioether (sulfide) groups is 1. The minimum atomic E-state index is -1.09. The third-order valence-corrected chi connectivity index (χ3v) is 27.5. The van der Waals surface area contributed by atoms with Gasteiger partial charge in [0.25, 0.3) is 0 Å². The zero-order valence-electron chi connectivity index (χ0n) is 73.2. The summed E-state index contributed by atoms with van der Waals surface area (Å²) >= 11 is 57.6. The van der Waals surface area contributed by atoms with Gasteiger partial charge in [-0.05, 0) is 224 Å². The van der Waals surface area contributed by atoms with Crippen LogP contribution in [0.3, 0.4) is 0 Å². The summed E-state index contributed by atoms with van der Waals surface area (Å²) in [5.41, 5.74) is 7.42. The van der Waals surface area contributed by atoms with Crippen LogP contribution >= 0.6 is 116 Å².